The quantitative estimate of drug-likeness (QED) is 0.320. The Morgan fingerprint density at radius 1 is 1.64 bits per heavy atom. The third-order valence-electron chi connectivity index (χ3n) is 1.92. The standard InChI is InChI=1S/C9H12O2/c1-7(8-4-5-8)3-6-9(10)11-2/h7-8H,4-5H2,1-2H3. The van der Waals surface area contributed by atoms with Crippen molar-refractivity contribution in [1.29, 1.82) is 0 Å². The molecule has 0 spiro atoms. The summed E-state index contributed by atoms with van der Waals surface area (Å²) in [5.41, 5.74) is 0. The zero-order chi connectivity index (χ0) is 8.27. The van der Waals surface area contributed by atoms with Crippen LogP contribution in [0.3, 0.4) is 0 Å². The Kier molecular flexibility index (Phi) is 2.53. The first kappa shape index (κ1) is 8.13. The Morgan fingerprint density at radius 2 is 2.27 bits per heavy atom. The van der Waals surface area contributed by atoms with Crippen molar-refractivity contribution in [1.82, 2.24) is 0 Å². The average molecular weight is 152 g/mol. The fourth-order valence-corrected chi connectivity index (χ4v) is 0.938. The molecule has 1 rings (SSSR count). The van der Waals surface area contributed by atoms with E-state index in [-0.39, 0.29) is 0 Å². The molecule has 1 aliphatic carbocycles. The van der Waals surface area contributed by atoms with Gasteiger partial charge in [-0.2, -0.15) is 0 Å². The van der Waals surface area contributed by atoms with Gasteiger partial charge in [-0.25, -0.2) is 4.79 Å². The zero-order valence-electron chi connectivity index (χ0n) is 6.89. The first-order valence-corrected chi connectivity index (χ1v) is 3.83. The Balaban J connectivity index is 2.35. The van der Waals surface area contributed by atoms with Crippen LogP contribution in [-0.4, -0.2) is 13.1 Å². The molecule has 0 bridgehead atoms. The molecule has 1 atom stereocenters. The van der Waals surface area contributed by atoms with Crippen molar-refractivity contribution in [2.24, 2.45) is 11.8 Å². The van der Waals surface area contributed by atoms with Crippen molar-refractivity contribution in [3.05, 3.63) is 0 Å². The summed E-state index contributed by atoms with van der Waals surface area (Å²) in [5.74, 6) is 5.96. The lowest BCUT2D eigenvalue weighted by Crippen LogP contribution is -1.98. The third kappa shape index (κ3) is 2.63. The molecule has 2 nitrogen and oxygen atoms in total. The fraction of sp³-hybridized carbons (Fsp3) is 0.667. The van der Waals surface area contributed by atoms with Crippen LogP contribution in [0.4, 0.5) is 0 Å². The van der Waals surface area contributed by atoms with Gasteiger partial charge in [0.05, 0.1) is 7.11 Å². The maximum Gasteiger partial charge on any atom is 0.384 e. The topological polar surface area (TPSA) is 26.3 Å². The van der Waals surface area contributed by atoms with E-state index in [0.29, 0.717) is 5.92 Å². The second-order valence-electron chi connectivity index (χ2n) is 2.89. The van der Waals surface area contributed by atoms with Gasteiger partial charge in [0.15, 0.2) is 0 Å². The fourth-order valence-electron chi connectivity index (χ4n) is 0.938. The molecule has 11 heavy (non-hydrogen) atoms. The van der Waals surface area contributed by atoms with E-state index in [2.05, 4.69) is 16.6 Å². The highest BCUT2D eigenvalue weighted by molar-refractivity contribution is 5.88. The maximum absolute atomic E-state index is 10.6. The SMILES string of the molecule is COC(=O)C#CC(C)C1CC1. The van der Waals surface area contributed by atoms with Gasteiger partial charge in [-0.3, -0.25) is 0 Å². The van der Waals surface area contributed by atoms with Crippen molar-refractivity contribution in [2.75, 3.05) is 7.11 Å². The van der Waals surface area contributed by atoms with Gasteiger partial charge in [0.2, 0.25) is 0 Å². The molecule has 0 saturated heterocycles. The predicted molar refractivity (Wildman–Crippen MR) is 41.7 cm³/mol. The van der Waals surface area contributed by atoms with Gasteiger partial charge in [-0.15, -0.1) is 0 Å². The molecule has 1 fully saturated rings. The van der Waals surface area contributed by atoms with Gasteiger partial charge in [0.1, 0.15) is 0 Å². The molecule has 1 saturated carbocycles. The Bertz CT molecular complexity index is 205. The second-order valence-corrected chi connectivity index (χ2v) is 2.89. The van der Waals surface area contributed by atoms with E-state index < -0.39 is 5.97 Å². The molecular weight excluding hydrogens is 140 g/mol. The summed E-state index contributed by atoms with van der Waals surface area (Å²) >= 11 is 0. The van der Waals surface area contributed by atoms with Gasteiger partial charge in [0, 0.05) is 11.8 Å². The lowest BCUT2D eigenvalue weighted by Gasteiger charge is -1.96. The normalized spacial score (nSPS) is 18.0. The molecule has 2 heteroatoms. The van der Waals surface area contributed by atoms with Crippen LogP contribution in [-0.2, 0) is 9.53 Å². The number of carbonyl (C=O) groups excluding carboxylic acids is 1. The highest BCUT2D eigenvalue weighted by Crippen LogP contribution is 2.35. The lowest BCUT2D eigenvalue weighted by molar-refractivity contribution is -0.133. The van der Waals surface area contributed by atoms with Crippen LogP contribution in [0.1, 0.15) is 19.8 Å². The molecule has 1 aliphatic rings. The van der Waals surface area contributed by atoms with Crippen molar-refractivity contribution >= 4 is 5.97 Å². The summed E-state index contributed by atoms with van der Waals surface area (Å²) in [5, 5.41) is 0. The summed E-state index contributed by atoms with van der Waals surface area (Å²) in [7, 11) is 1.35. The zero-order valence-corrected chi connectivity index (χ0v) is 6.89. The molecule has 0 radical (unpaired) electrons. The van der Waals surface area contributed by atoms with E-state index in [1.54, 1.807) is 0 Å². The smallest absolute Gasteiger partial charge is 0.384 e. The summed E-state index contributed by atoms with van der Waals surface area (Å²) in [4.78, 5) is 10.6. The third-order valence-corrected chi connectivity index (χ3v) is 1.92. The highest BCUT2D eigenvalue weighted by atomic mass is 16.5. The highest BCUT2D eigenvalue weighted by Gasteiger charge is 2.26. The van der Waals surface area contributed by atoms with E-state index in [9.17, 15) is 4.79 Å². The van der Waals surface area contributed by atoms with E-state index in [4.69, 9.17) is 0 Å². The van der Waals surface area contributed by atoms with Crippen LogP contribution in [0.25, 0.3) is 0 Å². The average Bonchev–Trinajstić information content (AvgIpc) is 2.81. The number of methoxy groups -OCH3 is 1. The lowest BCUT2D eigenvalue weighted by atomic mass is 10.1. The summed E-state index contributed by atoms with van der Waals surface area (Å²) < 4.78 is 4.39. The van der Waals surface area contributed by atoms with E-state index in [1.165, 1.54) is 20.0 Å². The Hall–Kier alpha value is -0.970. The van der Waals surface area contributed by atoms with Crippen LogP contribution in [0.2, 0.25) is 0 Å². The molecule has 0 aromatic carbocycles. The van der Waals surface area contributed by atoms with Gasteiger partial charge in [0.25, 0.3) is 0 Å². The van der Waals surface area contributed by atoms with Crippen molar-refractivity contribution in [2.45, 2.75) is 19.8 Å². The molecular formula is C9H12O2. The largest absolute Gasteiger partial charge is 0.459 e. The first-order valence-electron chi connectivity index (χ1n) is 3.83. The summed E-state index contributed by atoms with van der Waals surface area (Å²) in [6.07, 6.45) is 2.52. The number of hydrogen-bond donors (Lipinski definition) is 0. The van der Waals surface area contributed by atoms with Crippen molar-refractivity contribution in [3.8, 4) is 11.8 Å². The van der Waals surface area contributed by atoms with Gasteiger partial charge >= 0.3 is 5.97 Å². The van der Waals surface area contributed by atoms with Crippen LogP contribution in [0, 0.1) is 23.7 Å². The van der Waals surface area contributed by atoms with Crippen molar-refractivity contribution in [3.63, 3.8) is 0 Å². The van der Waals surface area contributed by atoms with E-state index >= 15 is 0 Å². The molecule has 0 N–H and O–H groups in total. The van der Waals surface area contributed by atoms with Crippen LogP contribution in [0.15, 0.2) is 0 Å². The minimum absolute atomic E-state index is 0.356. The molecule has 60 valence electrons. The van der Waals surface area contributed by atoms with E-state index in [1.807, 2.05) is 6.92 Å². The van der Waals surface area contributed by atoms with Crippen molar-refractivity contribution < 1.29 is 9.53 Å². The maximum atomic E-state index is 10.6. The second kappa shape index (κ2) is 3.43. The minimum atomic E-state index is -0.433. The predicted octanol–water partition coefficient (Wildman–Crippen LogP) is 1.21. The van der Waals surface area contributed by atoms with Crippen LogP contribution >= 0.6 is 0 Å². The molecule has 0 aliphatic heterocycles. The molecule has 1 unspecified atom stereocenters. The monoisotopic (exact) mass is 152 g/mol. The van der Waals surface area contributed by atoms with Crippen LogP contribution in [0.5, 0.6) is 0 Å². The first-order chi connectivity index (χ1) is 5.24. The molecule has 0 heterocycles. The molecule has 0 aromatic rings. The Morgan fingerprint density at radius 3 is 2.73 bits per heavy atom. The number of hydrogen-bond acceptors (Lipinski definition) is 2. The molecule has 0 amide bonds. The number of ether oxygens (including phenoxy) is 1. The number of esters is 1. The molecule has 0 aromatic heterocycles. The van der Waals surface area contributed by atoms with Crippen LogP contribution < -0.4 is 0 Å². The summed E-state index contributed by atoms with van der Waals surface area (Å²) in [6.45, 7) is 2.05. The number of carbonyl (C=O) groups is 1. The number of rotatable bonds is 1. The van der Waals surface area contributed by atoms with Gasteiger partial charge < -0.3 is 4.74 Å². The van der Waals surface area contributed by atoms with Gasteiger partial charge in [-0.1, -0.05) is 12.8 Å². The van der Waals surface area contributed by atoms with Gasteiger partial charge in [-0.05, 0) is 18.8 Å². The Labute approximate surface area is 66.9 Å². The minimum Gasteiger partial charge on any atom is -0.459 e. The van der Waals surface area contributed by atoms with E-state index in [0.717, 1.165) is 5.92 Å². The summed E-state index contributed by atoms with van der Waals surface area (Å²) in [6, 6.07) is 0.